The minimum Gasteiger partial charge on any atom is -0.432 e. The lowest BCUT2D eigenvalue weighted by Gasteiger charge is -2.31. The minimum absolute atomic E-state index is 0.0260. The van der Waals surface area contributed by atoms with Crippen molar-refractivity contribution in [2.75, 3.05) is 51.1 Å². The summed E-state index contributed by atoms with van der Waals surface area (Å²) in [5.41, 5.74) is 1.21. The van der Waals surface area contributed by atoms with Gasteiger partial charge in [-0.1, -0.05) is 0 Å². The van der Waals surface area contributed by atoms with E-state index >= 15 is 0 Å². The van der Waals surface area contributed by atoms with Gasteiger partial charge in [0.05, 0.1) is 31.2 Å². The second-order valence-electron chi connectivity index (χ2n) is 9.25. The van der Waals surface area contributed by atoms with Gasteiger partial charge >= 0.3 is 19.9 Å². The summed E-state index contributed by atoms with van der Waals surface area (Å²) in [6.07, 6.45) is 0.936. The van der Waals surface area contributed by atoms with E-state index in [9.17, 15) is 19.3 Å². The maximum absolute atomic E-state index is 13.2. The van der Waals surface area contributed by atoms with Crippen molar-refractivity contribution < 1.29 is 52.0 Å². The first-order valence-corrected chi connectivity index (χ1v) is 14.5. The predicted octanol–water partition coefficient (Wildman–Crippen LogP) is 3.20. The maximum Gasteiger partial charge on any atom is 0.510 e. The number of rotatable bonds is 16. The Bertz CT molecular complexity index is 1130. The highest BCUT2D eigenvalue weighted by Crippen LogP contribution is 2.48. The molecule has 1 unspecified atom stereocenters. The SMILES string of the molecule is CC(C)OC(=O)OCOP(=O)(COCCC(CO)n1cnc2c(N3CCC3)ncnc21)OCOC(=O)OC(C)C. The highest BCUT2D eigenvalue weighted by Gasteiger charge is 2.28. The lowest BCUT2D eigenvalue weighted by molar-refractivity contribution is -0.0345. The highest BCUT2D eigenvalue weighted by molar-refractivity contribution is 7.53. The van der Waals surface area contributed by atoms with Crippen LogP contribution in [0.25, 0.3) is 11.2 Å². The fraction of sp³-hybridized carbons (Fsp3) is 0.696. The number of anilines is 1. The first-order valence-electron chi connectivity index (χ1n) is 12.8. The van der Waals surface area contributed by atoms with Crippen LogP contribution in [0.4, 0.5) is 15.4 Å². The number of carbonyl (C=O) groups excluding carboxylic acids is 2. The molecule has 0 amide bonds. The fourth-order valence-electron chi connectivity index (χ4n) is 3.45. The average Bonchev–Trinajstić information content (AvgIpc) is 3.27. The quantitative estimate of drug-likeness (QED) is 0.130. The van der Waals surface area contributed by atoms with Crippen molar-refractivity contribution in [1.82, 2.24) is 19.5 Å². The van der Waals surface area contributed by atoms with Crippen LogP contribution in [0.2, 0.25) is 0 Å². The molecule has 0 spiro atoms. The van der Waals surface area contributed by atoms with Gasteiger partial charge in [0, 0.05) is 19.7 Å². The molecule has 0 aliphatic carbocycles. The molecule has 3 rings (SSSR count). The molecule has 40 heavy (non-hydrogen) atoms. The van der Waals surface area contributed by atoms with Gasteiger partial charge in [0.2, 0.25) is 13.6 Å². The molecule has 3 heterocycles. The van der Waals surface area contributed by atoms with E-state index in [1.807, 2.05) is 0 Å². The Morgan fingerprint density at radius 3 is 2.15 bits per heavy atom. The zero-order valence-electron chi connectivity index (χ0n) is 23.0. The molecule has 0 saturated carbocycles. The van der Waals surface area contributed by atoms with Crippen LogP contribution in [0.1, 0.15) is 46.6 Å². The first-order chi connectivity index (χ1) is 19.1. The van der Waals surface area contributed by atoms with E-state index in [1.165, 1.54) is 6.33 Å². The predicted molar refractivity (Wildman–Crippen MR) is 139 cm³/mol. The van der Waals surface area contributed by atoms with Gasteiger partial charge in [0.15, 0.2) is 17.0 Å². The molecule has 1 N–H and O–H groups in total. The maximum atomic E-state index is 13.2. The summed E-state index contributed by atoms with van der Waals surface area (Å²) < 4.78 is 49.8. The third-order valence-corrected chi connectivity index (χ3v) is 6.96. The Kier molecular flexibility index (Phi) is 11.9. The number of fused-ring (bicyclic) bond motifs is 1. The Hall–Kier alpha value is -3.04. The molecule has 0 bridgehead atoms. The standard InChI is InChI=1S/C23H36N5O11P/c1-16(2)38-22(30)34-13-36-40(32,37-14-35-23(31)39-17(3)4)15-33-9-6-18(10-29)28-12-26-19-20(27-7-5-8-27)24-11-25-21(19)28/h11-12,16-18,29H,5-10,13-15H2,1-4H3. The number of nitrogens with zero attached hydrogens (tertiary/aromatic N) is 5. The van der Waals surface area contributed by atoms with Crippen LogP contribution in [0.5, 0.6) is 0 Å². The summed E-state index contributed by atoms with van der Waals surface area (Å²) >= 11 is 0. The molecule has 1 fully saturated rings. The van der Waals surface area contributed by atoms with Crippen LogP contribution >= 0.6 is 7.60 Å². The summed E-state index contributed by atoms with van der Waals surface area (Å²) in [6.45, 7) is 6.57. The number of hydrogen-bond acceptors (Lipinski definition) is 15. The third-order valence-electron chi connectivity index (χ3n) is 5.46. The zero-order valence-corrected chi connectivity index (χ0v) is 23.9. The molecule has 1 saturated heterocycles. The van der Waals surface area contributed by atoms with E-state index in [0.717, 1.165) is 25.3 Å². The van der Waals surface area contributed by atoms with Crippen molar-refractivity contribution in [2.24, 2.45) is 0 Å². The monoisotopic (exact) mass is 589 g/mol. The van der Waals surface area contributed by atoms with Crippen molar-refractivity contribution in [2.45, 2.75) is 58.8 Å². The number of hydrogen-bond donors (Lipinski definition) is 1. The number of aromatic nitrogens is 4. The number of aliphatic hydroxyl groups is 1. The fourth-order valence-corrected chi connectivity index (χ4v) is 4.46. The van der Waals surface area contributed by atoms with Crippen LogP contribution < -0.4 is 4.90 Å². The van der Waals surface area contributed by atoms with Gasteiger partial charge in [-0.25, -0.2) is 24.5 Å². The Labute approximate surface area is 231 Å². The molecule has 16 nitrogen and oxygen atoms in total. The number of aliphatic hydroxyl groups excluding tert-OH is 1. The van der Waals surface area contributed by atoms with Gasteiger partial charge in [-0.15, -0.1) is 0 Å². The molecule has 2 aromatic rings. The highest BCUT2D eigenvalue weighted by atomic mass is 31.2. The average molecular weight is 590 g/mol. The number of imidazole rings is 1. The number of ether oxygens (including phenoxy) is 5. The van der Waals surface area contributed by atoms with Gasteiger partial charge in [0.1, 0.15) is 12.7 Å². The van der Waals surface area contributed by atoms with Crippen LogP contribution in [0, 0.1) is 0 Å². The Morgan fingerprint density at radius 2 is 1.62 bits per heavy atom. The van der Waals surface area contributed by atoms with Gasteiger partial charge in [-0.05, 0) is 40.5 Å². The van der Waals surface area contributed by atoms with Crippen molar-refractivity contribution in [1.29, 1.82) is 0 Å². The van der Waals surface area contributed by atoms with Gasteiger partial charge < -0.3 is 38.3 Å². The summed E-state index contributed by atoms with van der Waals surface area (Å²) in [5, 5.41) is 10.0. The van der Waals surface area contributed by atoms with Gasteiger partial charge in [-0.2, -0.15) is 0 Å². The molecular formula is C23H36N5O11P. The van der Waals surface area contributed by atoms with Crippen molar-refractivity contribution in [3.05, 3.63) is 12.7 Å². The smallest absolute Gasteiger partial charge is 0.432 e. The minimum atomic E-state index is -4.08. The second-order valence-corrected chi connectivity index (χ2v) is 11.2. The summed E-state index contributed by atoms with van der Waals surface area (Å²) in [7, 11) is -4.08. The second kappa shape index (κ2) is 15.1. The van der Waals surface area contributed by atoms with Crippen LogP contribution in [0.3, 0.4) is 0 Å². The Balaban J connectivity index is 1.56. The molecule has 17 heteroatoms. The largest absolute Gasteiger partial charge is 0.510 e. The van der Waals surface area contributed by atoms with Crippen LogP contribution in [-0.2, 0) is 37.3 Å². The molecule has 224 valence electrons. The topological polar surface area (TPSA) is 183 Å². The molecule has 1 atom stereocenters. The van der Waals surface area contributed by atoms with Gasteiger partial charge in [-0.3, -0.25) is 13.6 Å². The van der Waals surface area contributed by atoms with E-state index in [0.29, 0.717) is 17.6 Å². The zero-order chi connectivity index (χ0) is 29.1. The molecular weight excluding hydrogens is 553 g/mol. The molecule has 1 aliphatic rings. The van der Waals surface area contributed by atoms with Crippen molar-refractivity contribution in [3.8, 4) is 0 Å². The van der Waals surface area contributed by atoms with E-state index in [-0.39, 0.29) is 13.2 Å². The summed E-state index contributed by atoms with van der Waals surface area (Å²) in [4.78, 5) is 38.4. The Morgan fingerprint density at radius 1 is 1.00 bits per heavy atom. The number of carbonyl (C=O) groups is 2. The van der Waals surface area contributed by atoms with E-state index in [4.69, 9.17) is 32.7 Å². The lowest BCUT2D eigenvalue weighted by atomic mass is 10.2. The molecule has 2 aromatic heterocycles. The van der Waals surface area contributed by atoms with Crippen LogP contribution in [0.15, 0.2) is 12.7 Å². The lowest BCUT2D eigenvalue weighted by Crippen LogP contribution is -2.37. The molecule has 0 radical (unpaired) electrons. The first kappa shape index (κ1) is 31.5. The summed E-state index contributed by atoms with van der Waals surface area (Å²) in [5.74, 6) is 0.747. The van der Waals surface area contributed by atoms with Crippen LogP contribution in [-0.4, -0.2) is 95.4 Å². The van der Waals surface area contributed by atoms with E-state index < -0.39 is 58.1 Å². The van der Waals surface area contributed by atoms with E-state index in [2.05, 4.69) is 19.9 Å². The van der Waals surface area contributed by atoms with Gasteiger partial charge in [0.25, 0.3) is 0 Å². The van der Waals surface area contributed by atoms with E-state index in [1.54, 1.807) is 38.6 Å². The summed E-state index contributed by atoms with van der Waals surface area (Å²) in [6, 6.07) is -0.450. The molecule has 1 aliphatic heterocycles. The van der Waals surface area contributed by atoms with Crippen molar-refractivity contribution in [3.63, 3.8) is 0 Å². The molecule has 0 aromatic carbocycles. The normalized spacial score (nSPS) is 14.3. The van der Waals surface area contributed by atoms with Crippen molar-refractivity contribution >= 4 is 36.9 Å². The third kappa shape index (κ3) is 9.27.